The van der Waals surface area contributed by atoms with Gasteiger partial charge >= 0.3 is 6.03 Å². The van der Waals surface area contributed by atoms with Crippen molar-refractivity contribution >= 4 is 63.7 Å². The first-order chi connectivity index (χ1) is 17.8. The van der Waals surface area contributed by atoms with Crippen molar-refractivity contribution in [2.24, 2.45) is 0 Å². The summed E-state index contributed by atoms with van der Waals surface area (Å²) in [6.45, 7) is 0.630. The van der Waals surface area contributed by atoms with Crippen LogP contribution in [0.5, 0.6) is 0 Å². The summed E-state index contributed by atoms with van der Waals surface area (Å²) < 4.78 is 1.94. The molecule has 2 aromatic heterocycles. The maximum absolute atomic E-state index is 12.6. The van der Waals surface area contributed by atoms with Gasteiger partial charge in [0.15, 0.2) is 11.5 Å². The molecule has 0 bridgehead atoms. The molecule has 0 atom stereocenters. The summed E-state index contributed by atoms with van der Waals surface area (Å²) in [5.74, 6) is 0.728. The van der Waals surface area contributed by atoms with E-state index < -0.39 is 6.03 Å². The fourth-order valence-corrected chi connectivity index (χ4v) is 4.58. The maximum atomic E-state index is 12.6. The highest BCUT2D eigenvalue weighted by molar-refractivity contribution is 6.35. The van der Waals surface area contributed by atoms with Gasteiger partial charge in [-0.15, -0.1) is 0 Å². The van der Waals surface area contributed by atoms with Crippen molar-refractivity contribution in [1.82, 2.24) is 14.4 Å². The number of hydrogen-bond acceptors (Lipinski definition) is 4. The van der Waals surface area contributed by atoms with E-state index in [0.717, 1.165) is 28.3 Å². The molecule has 0 aliphatic rings. The Morgan fingerprint density at radius 2 is 1.65 bits per heavy atom. The highest BCUT2D eigenvalue weighted by Gasteiger charge is 2.14. The molecular weight excluding hydrogens is 531 g/mol. The van der Waals surface area contributed by atoms with Crippen molar-refractivity contribution < 1.29 is 4.79 Å². The number of imidazole rings is 1. The van der Waals surface area contributed by atoms with Gasteiger partial charge < -0.3 is 19.9 Å². The highest BCUT2D eigenvalue weighted by atomic mass is 35.5. The first kappa shape index (κ1) is 24.9. The van der Waals surface area contributed by atoms with E-state index in [1.54, 1.807) is 30.5 Å². The zero-order valence-corrected chi connectivity index (χ0v) is 21.9. The van der Waals surface area contributed by atoms with Crippen molar-refractivity contribution in [3.63, 3.8) is 0 Å². The zero-order valence-electron chi connectivity index (χ0n) is 19.6. The van der Waals surface area contributed by atoms with Crippen LogP contribution in [-0.4, -0.2) is 27.4 Å². The van der Waals surface area contributed by atoms with Crippen LogP contribution >= 0.6 is 34.8 Å². The summed E-state index contributed by atoms with van der Waals surface area (Å²) >= 11 is 18.1. The molecule has 0 aliphatic heterocycles. The molecule has 5 rings (SSSR count). The molecule has 5 aromatic rings. The molecule has 2 N–H and O–H groups in total. The third-order valence-corrected chi connectivity index (χ3v) is 6.28. The van der Waals surface area contributed by atoms with Gasteiger partial charge in [0.2, 0.25) is 0 Å². The van der Waals surface area contributed by atoms with E-state index in [1.807, 2.05) is 71.2 Å². The van der Waals surface area contributed by atoms with Gasteiger partial charge in [-0.3, -0.25) is 0 Å². The number of carbonyl (C=O) groups is 1. The standard InChI is InChI=1S/C27H21Cl3N6O/c1-35(15-17-5-7-19(28)8-6-17)26-25-31-9-10-36(25)16-24(34-26)18-3-2-4-22(11-18)32-27(37)33-23-13-20(29)12-21(30)14-23/h2-14,16H,15H2,1H3,(H2,32,33,37). The van der Waals surface area contributed by atoms with E-state index in [2.05, 4.69) is 15.6 Å². The number of rotatable bonds is 6. The van der Waals surface area contributed by atoms with Crippen LogP contribution in [0.2, 0.25) is 15.1 Å². The molecule has 3 aromatic carbocycles. The first-order valence-electron chi connectivity index (χ1n) is 11.3. The van der Waals surface area contributed by atoms with Crippen molar-refractivity contribution in [3.8, 4) is 11.3 Å². The Morgan fingerprint density at radius 3 is 2.41 bits per heavy atom. The number of carbonyl (C=O) groups excluding carboxylic acids is 1. The van der Waals surface area contributed by atoms with Gasteiger partial charge in [0.1, 0.15) is 0 Å². The van der Waals surface area contributed by atoms with E-state index >= 15 is 0 Å². The Kier molecular flexibility index (Phi) is 7.19. The third kappa shape index (κ3) is 5.97. The molecule has 0 saturated heterocycles. The molecule has 0 spiro atoms. The van der Waals surface area contributed by atoms with Gasteiger partial charge in [-0.2, -0.15) is 0 Å². The number of urea groups is 1. The number of nitrogens with one attached hydrogen (secondary N) is 2. The molecule has 0 unspecified atom stereocenters. The number of nitrogens with zero attached hydrogens (tertiary/aromatic N) is 4. The molecule has 2 heterocycles. The predicted octanol–water partition coefficient (Wildman–Crippen LogP) is 7.64. The van der Waals surface area contributed by atoms with Crippen molar-refractivity contribution in [2.75, 3.05) is 22.6 Å². The Bertz CT molecular complexity index is 1570. The number of hydrogen-bond donors (Lipinski definition) is 2. The van der Waals surface area contributed by atoms with Crippen molar-refractivity contribution in [3.05, 3.63) is 106 Å². The predicted molar refractivity (Wildman–Crippen MR) is 151 cm³/mol. The van der Waals surface area contributed by atoms with E-state index in [0.29, 0.717) is 33.0 Å². The summed E-state index contributed by atoms with van der Waals surface area (Å²) in [6.07, 6.45) is 5.53. The van der Waals surface area contributed by atoms with Crippen LogP contribution in [0.25, 0.3) is 16.9 Å². The number of amides is 2. The number of aromatic nitrogens is 3. The fourth-order valence-electron chi connectivity index (χ4n) is 3.92. The fraction of sp³-hybridized carbons (Fsp3) is 0.0741. The Hall–Kier alpha value is -3.78. The summed E-state index contributed by atoms with van der Waals surface area (Å²) in [4.78, 5) is 24.0. The van der Waals surface area contributed by atoms with E-state index in [-0.39, 0.29) is 0 Å². The lowest BCUT2D eigenvalue weighted by molar-refractivity contribution is 0.262. The minimum Gasteiger partial charge on any atom is -0.352 e. The molecular formula is C27H21Cl3N6O. The van der Waals surface area contributed by atoms with Crippen LogP contribution in [-0.2, 0) is 6.54 Å². The second-order valence-electron chi connectivity index (χ2n) is 8.41. The van der Waals surface area contributed by atoms with E-state index in [4.69, 9.17) is 39.8 Å². The molecule has 10 heteroatoms. The average molecular weight is 552 g/mol. The number of benzene rings is 3. The molecule has 0 radical (unpaired) electrons. The van der Waals surface area contributed by atoms with Gasteiger partial charge in [-0.25, -0.2) is 14.8 Å². The van der Waals surface area contributed by atoms with Gasteiger partial charge in [-0.05, 0) is 48.0 Å². The minimum absolute atomic E-state index is 0.420. The molecule has 0 saturated carbocycles. The van der Waals surface area contributed by atoms with Crippen LogP contribution in [0.1, 0.15) is 5.56 Å². The van der Waals surface area contributed by atoms with Gasteiger partial charge in [-0.1, -0.05) is 59.1 Å². The van der Waals surface area contributed by atoms with Crippen LogP contribution in [0.3, 0.4) is 0 Å². The summed E-state index contributed by atoms with van der Waals surface area (Å²) in [7, 11) is 1.97. The Labute approximate surface area is 228 Å². The molecule has 0 aliphatic carbocycles. The maximum Gasteiger partial charge on any atom is 0.323 e. The Morgan fingerprint density at radius 1 is 0.919 bits per heavy atom. The van der Waals surface area contributed by atoms with Crippen LogP contribution in [0, 0.1) is 0 Å². The molecule has 186 valence electrons. The largest absolute Gasteiger partial charge is 0.352 e. The van der Waals surface area contributed by atoms with E-state index in [9.17, 15) is 4.79 Å². The van der Waals surface area contributed by atoms with Crippen LogP contribution in [0.15, 0.2) is 85.3 Å². The van der Waals surface area contributed by atoms with Gasteiger partial charge in [0.05, 0.1) is 5.69 Å². The normalized spacial score (nSPS) is 10.9. The van der Waals surface area contributed by atoms with Crippen molar-refractivity contribution in [2.45, 2.75) is 6.54 Å². The summed E-state index contributed by atoms with van der Waals surface area (Å²) in [6, 6.07) is 19.6. The second-order valence-corrected chi connectivity index (χ2v) is 9.72. The lowest BCUT2D eigenvalue weighted by Gasteiger charge is -2.20. The molecule has 0 fully saturated rings. The van der Waals surface area contributed by atoms with Crippen molar-refractivity contribution in [1.29, 1.82) is 0 Å². The first-order valence-corrected chi connectivity index (χ1v) is 12.4. The number of halogens is 3. The zero-order chi connectivity index (χ0) is 25.9. The monoisotopic (exact) mass is 550 g/mol. The second kappa shape index (κ2) is 10.7. The quantitative estimate of drug-likeness (QED) is 0.227. The van der Waals surface area contributed by atoms with Crippen LogP contribution < -0.4 is 15.5 Å². The number of fused-ring (bicyclic) bond motifs is 1. The third-order valence-electron chi connectivity index (χ3n) is 5.59. The van der Waals surface area contributed by atoms with Gasteiger partial charge in [0.25, 0.3) is 0 Å². The smallest absolute Gasteiger partial charge is 0.323 e. The van der Waals surface area contributed by atoms with Gasteiger partial charge in [0, 0.05) is 64.2 Å². The van der Waals surface area contributed by atoms with Crippen LogP contribution in [0.4, 0.5) is 22.0 Å². The SMILES string of the molecule is CN(Cc1ccc(Cl)cc1)c1nc(-c2cccc(NC(=O)Nc3cc(Cl)cc(Cl)c3)c2)cn2ccnc12. The van der Waals surface area contributed by atoms with E-state index in [1.165, 1.54) is 0 Å². The summed E-state index contributed by atoms with van der Waals surface area (Å²) in [5.41, 5.74) is 4.50. The highest BCUT2D eigenvalue weighted by Crippen LogP contribution is 2.27. The summed E-state index contributed by atoms with van der Waals surface area (Å²) in [5, 5.41) is 7.14. The lowest BCUT2D eigenvalue weighted by atomic mass is 10.1. The lowest BCUT2D eigenvalue weighted by Crippen LogP contribution is -2.19. The topological polar surface area (TPSA) is 74.6 Å². The minimum atomic E-state index is -0.420. The molecule has 2 amide bonds. The molecule has 37 heavy (non-hydrogen) atoms. The number of anilines is 3. The average Bonchev–Trinajstić information content (AvgIpc) is 3.33. The Balaban J connectivity index is 1.39. The molecule has 7 nitrogen and oxygen atoms in total.